The minimum atomic E-state index is -0.156. The van der Waals surface area contributed by atoms with Gasteiger partial charge in [0.2, 0.25) is 0 Å². The molecule has 1 saturated carbocycles. The molecule has 180 valence electrons. The highest BCUT2D eigenvalue weighted by molar-refractivity contribution is 5.70. The lowest BCUT2D eigenvalue weighted by atomic mass is 9.52. The molecule has 2 aliphatic carbocycles. The topological polar surface area (TPSA) is 38.8 Å². The summed E-state index contributed by atoms with van der Waals surface area (Å²) in [5, 5.41) is 0. The first-order valence-electron chi connectivity index (χ1n) is 12.9. The molecule has 1 aliphatic heterocycles. The summed E-state index contributed by atoms with van der Waals surface area (Å²) in [5.41, 5.74) is 6.64. The molecule has 1 amide bonds. The molecule has 0 radical (unpaired) electrons. The number of piperidine rings is 1. The molecule has 0 N–H and O–H groups in total. The maximum Gasteiger partial charge on any atom is 0.410 e. The number of carbonyl (C=O) groups excluding carboxylic acids is 1. The highest BCUT2D eigenvalue weighted by Crippen LogP contribution is 2.56. The van der Waals surface area contributed by atoms with Crippen molar-refractivity contribution >= 4 is 6.09 Å². The van der Waals surface area contributed by atoms with Crippen LogP contribution in [-0.4, -0.2) is 30.7 Å². The number of carbonyl (C=O) groups is 1. The van der Waals surface area contributed by atoms with Gasteiger partial charge in [-0.05, 0) is 71.6 Å². The van der Waals surface area contributed by atoms with E-state index in [1.807, 2.05) is 42.5 Å². The van der Waals surface area contributed by atoms with Crippen LogP contribution in [0, 0.1) is 5.92 Å². The Morgan fingerprint density at radius 2 is 1.77 bits per heavy atom. The average Bonchev–Trinajstić information content (AvgIpc) is 2.92. The number of hydrogen-bond acceptors (Lipinski definition) is 3. The highest BCUT2D eigenvalue weighted by Gasteiger charge is 2.55. The number of benzene rings is 3. The summed E-state index contributed by atoms with van der Waals surface area (Å²) in [6.45, 7) is 1.11. The largest absolute Gasteiger partial charge is 0.497 e. The second-order valence-electron chi connectivity index (χ2n) is 10.4. The van der Waals surface area contributed by atoms with Gasteiger partial charge in [-0.3, -0.25) is 0 Å². The molecular formula is C31H33NO3. The first-order chi connectivity index (χ1) is 17.2. The fourth-order valence-electron chi connectivity index (χ4n) is 7.00. The number of nitrogens with zero attached hydrogens (tertiary/aromatic N) is 1. The van der Waals surface area contributed by atoms with Crippen molar-refractivity contribution in [2.24, 2.45) is 5.92 Å². The fourth-order valence-corrected chi connectivity index (χ4v) is 7.00. The Hall–Kier alpha value is -3.27. The van der Waals surface area contributed by atoms with E-state index in [-0.39, 0.29) is 17.6 Å². The van der Waals surface area contributed by atoms with E-state index >= 15 is 0 Å². The standard InChI is InChI=1S/C31H33NO3/c1-34-26-14-12-23(13-15-26)24-10-11-25-20-29-27-9-5-6-16-31(27,28(25)19-24)17-18-32(29)30(33)35-21-22-7-3-2-4-8-22/h2-4,7-8,10-15,19,27,29H,5-6,9,16-18,20-21H2,1H3/t27-,29-,31?/m1/s1. The minimum Gasteiger partial charge on any atom is -0.497 e. The summed E-state index contributed by atoms with van der Waals surface area (Å²) in [7, 11) is 1.70. The fraction of sp³-hybridized carbons (Fsp3) is 0.387. The van der Waals surface area contributed by atoms with Crippen LogP contribution in [0.25, 0.3) is 11.1 Å². The average molecular weight is 468 g/mol. The summed E-state index contributed by atoms with van der Waals surface area (Å²) in [5.74, 6) is 1.39. The van der Waals surface area contributed by atoms with Crippen molar-refractivity contribution < 1.29 is 14.3 Å². The Morgan fingerprint density at radius 1 is 0.971 bits per heavy atom. The van der Waals surface area contributed by atoms with Crippen LogP contribution in [0.1, 0.15) is 48.8 Å². The van der Waals surface area contributed by atoms with E-state index in [9.17, 15) is 4.79 Å². The number of amides is 1. The molecule has 4 nitrogen and oxygen atoms in total. The summed E-state index contributed by atoms with van der Waals surface area (Å²) in [6, 6.07) is 25.6. The Kier molecular flexibility index (Phi) is 5.75. The molecule has 3 aromatic carbocycles. The quantitative estimate of drug-likeness (QED) is 0.426. The van der Waals surface area contributed by atoms with E-state index < -0.39 is 0 Å². The van der Waals surface area contributed by atoms with Crippen molar-refractivity contribution in [1.82, 2.24) is 4.90 Å². The van der Waals surface area contributed by atoms with Gasteiger partial charge in [-0.2, -0.15) is 0 Å². The summed E-state index contributed by atoms with van der Waals surface area (Å²) in [4.78, 5) is 15.3. The van der Waals surface area contributed by atoms with Crippen LogP contribution in [0.3, 0.4) is 0 Å². The third kappa shape index (κ3) is 3.89. The van der Waals surface area contributed by atoms with Crippen molar-refractivity contribution in [3.8, 4) is 16.9 Å². The van der Waals surface area contributed by atoms with Crippen LogP contribution < -0.4 is 4.74 Å². The SMILES string of the molecule is COc1ccc(-c2ccc3c(c2)C24CCCC[C@@H]2[C@@H](C3)N(C(=O)OCc2ccccc2)CC4)cc1. The number of ether oxygens (including phenoxy) is 2. The molecule has 3 aromatic rings. The lowest BCUT2D eigenvalue weighted by Gasteiger charge is -2.58. The summed E-state index contributed by atoms with van der Waals surface area (Å²) >= 11 is 0. The summed E-state index contributed by atoms with van der Waals surface area (Å²) < 4.78 is 11.1. The Morgan fingerprint density at radius 3 is 2.57 bits per heavy atom. The molecule has 6 rings (SSSR count). The van der Waals surface area contributed by atoms with Gasteiger partial charge in [-0.1, -0.05) is 73.5 Å². The first kappa shape index (κ1) is 22.2. The number of methoxy groups -OCH3 is 1. The van der Waals surface area contributed by atoms with Gasteiger partial charge in [0, 0.05) is 18.0 Å². The van der Waals surface area contributed by atoms with Gasteiger partial charge >= 0.3 is 6.09 Å². The van der Waals surface area contributed by atoms with E-state index in [0.717, 1.165) is 30.7 Å². The molecule has 3 atom stereocenters. The van der Waals surface area contributed by atoms with Gasteiger partial charge in [-0.15, -0.1) is 0 Å². The van der Waals surface area contributed by atoms with Gasteiger partial charge in [0.25, 0.3) is 0 Å². The normalized spacial score (nSPS) is 24.8. The van der Waals surface area contributed by atoms with Crippen molar-refractivity contribution in [3.05, 3.63) is 89.5 Å². The van der Waals surface area contributed by atoms with E-state index in [2.05, 4.69) is 35.2 Å². The zero-order valence-electron chi connectivity index (χ0n) is 20.4. The lowest BCUT2D eigenvalue weighted by Crippen LogP contribution is -2.62. The Bertz CT molecular complexity index is 1210. The van der Waals surface area contributed by atoms with E-state index in [0.29, 0.717) is 12.5 Å². The molecule has 1 saturated heterocycles. The van der Waals surface area contributed by atoms with Gasteiger partial charge in [0.1, 0.15) is 12.4 Å². The second-order valence-corrected chi connectivity index (χ2v) is 10.4. The molecular weight excluding hydrogens is 434 g/mol. The van der Waals surface area contributed by atoms with Crippen LogP contribution >= 0.6 is 0 Å². The van der Waals surface area contributed by atoms with Gasteiger partial charge < -0.3 is 14.4 Å². The number of fused-ring (bicyclic) bond motifs is 1. The molecule has 0 spiro atoms. The van der Waals surface area contributed by atoms with Gasteiger partial charge in [0.15, 0.2) is 0 Å². The third-order valence-electron chi connectivity index (χ3n) is 8.70. The molecule has 1 unspecified atom stereocenters. The van der Waals surface area contributed by atoms with Crippen LogP contribution in [0.15, 0.2) is 72.8 Å². The molecule has 3 aliphatic rings. The Balaban J connectivity index is 1.29. The molecule has 4 heteroatoms. The van der Waals surface area contributed by atoms with Crippen LogP contribution in [0.2, 0.25) is 0 Å². The van der Waals surface area contributed by atoms with Crippen molar-refractivity contribution in [3.63, 3.8) is 0 Å². The molecule has 35 heavy (non-hydrogen) atoms. The van der Waals surface area contributed by atoms with E-state index in [1.54, 1.807) is 7.11 Å². The first-order valence-corrected chi connectivity index (χ1v) is 12.9. The molecule has 0 aromatic heterocycles. The van der Waals surface area contributed by atoms with Crippen molar-refractivity contribution in [1.29, 1.82) is 0 Å². The van der Waals surface area contributed by atoms with Gasteiger partial charge in [-0.25, -0.2) is 4.79 Å². The smallest absolute Gasteiger partial charge is 0.410 e. The van der Waals surface area contributed by atoms with Crippen molar-refractivity contribution in [2.75, 3.05) is 13.7 Å². The Labute approximate surface area is 207 Å². The maximum absolute atomic E-state index is 13.2. The predicted octanol–water partition coefficient (Wildman–Crippen LogP) is 6.76. The lowest BCUT2D eigenvalue weighted by molar-refractivity contribution is -0.0136. The maximum atomic E-state index is 13.2. The monoisotopic (exact) mass is 467 g/mol. The third-order valence-corrected chi connectivity index (χ3v) is 8.70. The summed E-state index contributed by atoms with van der Waals surface area (Å²) in [6.07, 6.45) is 6.73. The van der Waals surface area contributed by atoms with Crippen LogP contribution in [-0.2, 0) is 23.2 Å². The number of likely N-dealkylation sites (tertiary alicyclic amines) is 1. The molecule has 2 fully saturated rings. The second kappa shape index (κ2) is 9.07. The van der Waals surface area contributed by atoms with Crippen LogP contribution in [0.4, 0.5) is 4.79 Å². The highest BCUT2D eigenvalue weighted by atomic mass is 16.6. The zero-order valence-corrected chi connectivity index (χ0v) is 20.4. The molecule has 2 bridgehead atoms. The van der Waals surface area contributed by atoms with E-state index in [1.165, 1.54) is 47.9 Å². The minimum absolute atomic E-state index is 0.156. The number of hydrogen-bond donors (Lipinski definition) is 0. The van der Waals surface area contributed by atoms with Crippen LogP contribution in [0.5, 0.6) is 5.75 Å². The zero-order chi connectivity index (χ0) is 23.8. The number of rotatable bonds is 4. The predicted molar refractivity (Wildman–Crippen MR) is 138 cm³/mol. The van der Waals surface area contributed by atoms with E-state index in [4.69, 9.17) is 9.47 Å². The van der Waals surface area contributed by atoms with Gasteiger partial charge in [0.05, 0.1) is 7.11 Å². The van der Waals surface area contributed by atoms with Crippen molar-refractivity contribution in [2.45, 2.75) is 56.6 Å². The molecule has 1 heterocycles.